The lowest BCUT2D eigenvalue weighted by atomic mass is 9.48. The molecule has 2 aliphatic rings. The SMILES string of the molecule is C=C1CCC2C(C)(C)CCCC2(C)C1CO. The van der Waals surface area contributed by atoms with Crippen molar-refractivity contribution in [3.63, 3.8) is 0 Å². The zero-order valence-corrected chi connectivity index (χ0v) is 11.1. The van der Waals surface area contributed by atoms with Crippen LogP contribution in [0, 0.1) is 22.7 Å². The van der Waals surface area contributed by atoms with Crippen molar-refractivity contribution in [3.05, 3.63) is 12.2 Å². The van der Waals surface area contributed by atoms with Crippen LogP contribution in [0.1, 0.15) is 52.9 Å². The highest BCUT2D eigenvalue weighted by atomic mass is 16.3. The van der Waals surface area contributed by atoms with Gasteiger partial charge < -0.3 is 5.11 Å². The molecule has 0 spiro atoms. The van der Waals surface area contributed by atoms with E-state index in [1.54, 1.807) is 0 Å². The van der Waals surface area contributed by atoms with Gasteiger partial charge in [-0.3, -0.25) is 0 Å². The van der Waals surface area contributed by atoms with E-state index >= 15 is 0 Å². The highest BCUT2D eigenvalue weighted by Gasteiger charge is 2.52. The summed E-state index contributed by atoms with van der Waals surface area (Å²) in [6, 6.07) is 0. The molecule has 0 saturated heterocycles. The van der Waals surface area contributed by atoms with Gasteiger partial charge in [-0.25, -0.2) is 0 Å². The summed E-state index contributed by atoms with van der Waals surface area (Å²) in [5.74, 6) is 1.10. The lowest BCUT2D eigenvalue weighted by molar-refractivity contribution is -0.0651. The van der Waals surface area contributed by atoms with Crippen LogP contribution in [-0.4, -0.2) is 11.7 Å². The summed E-state index contributed by atoms with van der Waals surface area (Å²) < 4.78 is 0. The topological polar surface area (TPSA) is 20.2 Å². The maximum absolute atomic E-state index is 9.67. The third-order valence-electron chi connectivity index (χ3n) is 5.50. The Labute approximate surface area is 99.9 Å². The summed E-state index contributed by atoms with van der Waals surface area (Å²) in [7, 11) is 0. The van der Waals surface area contributed by atoms with Gasteiger partial charge in [-0.1, -0.05) is 39.3 Å². The van der Waals surface area contributed by atoms with Crippen LogP contribution in [0.5, 0.6) is 0 Å². The van der Waals surface area contributed by atoms with E-state index in [1.165, 1.54) is 31.3 Å². The molecule has 0 radical (unpaired) electrons. The molecule has 0 aromatic rings. The normalized spacial score (nSPS) is 42.9. The second-order valence-corrected chi connectivity index (χ2v) is 6.83. The van der Waals surface area contributed by atoms with Crippen LogP contribution in [0.3, 0.4) is 0 Å². The fraction of sp³-hybridized carbons (Fsp3) is 0.867. The van der Waals surface area contributed by atoms with Gasteiger partial charge in [0, 0.05) is 5.92 Å². The first kappa shape index (κ1) is 12.2. The summed E-state index contributed by atoms with van der Waals surface area (Å²) in [5, 5.41) is 9.67. The van der Waals surface area contributed by atoms with Gasteiger partial charge in [0.2, 0.25) is 0 Å². The first-order valence-corrected chi connectivity index (χ1v) is 6.70. The van der Waals surface area contributed by atoms with Crippen molar-refractivity contribution in [2.24, 2.45) is 22.7 Å². The summed E-state index contributed by atoms with van der Waals surface area (Å²) in [6.07, 6.45) is 6.32. The number of rotatable bonds is 1. The number of fused-ring (bicyclic) bond motifs is 1. The maximum atomic E-state index is 9.67. The van der Waals surface area contributed by atoms with Crippen LogP contribution in [0.25, 0.3) is 0 Å². The highest BCUT2D eigenvalue weighted by molar-refractivity contribution is 5.15. The summed E-state index contributed by atoms with van der Waals surface area (Å²) in [4.78, 5) is 0. The molecule has 0 aromatic carbocycles. The second-order valence-electron chi connectivity index (χ2n) is 6.83. The van der Waals surface area contributed by atoms with E-state index in [2.05, 4.69) is 27.4 Å². The first-order chi connectivity index (χ1) is 7.42. The Balaban J connectivity index is 2.34. The molecule has 0 aliphatic heterocycles. The van der Waals surface area contributed by atoms with Crippen molar-refractivity contribution in [2.45, 2.75) is 52.9 Å². The van der Waals surface area contributed by atoms with Gasteiger partial charge in [0.1, 0.15) is 0 Å². The van der Waals surface area contributed by atoms with Gasteiger partial charge in [-0.15, -0.1) is 0 Å². The van der Waals surface area contributed by atoms with E-state index in [0.717, 1.165) is 12.3 Å². The van der Waals surface area contributed by atoms with Gasteiger partial charge in [0.15, 0.2) is 0 Å². The highest BCUT2D eigenvalue weighted by Crippen LogP contribution is 2.60. The lowest BCUT2D eigenvalue weighted by Crippen LogP contribution is -2.50. The molecule has 2 rings (SSSR count). The molecule has 0 amide bonds. The average Bonchev–Trinajstić information content (AvgIpc) is 2.15. The van der Waals surface area contributed by atoms with E-state index in [4.69, 9.17) is 0 Å². The van der Waals surface area contributed by atoms with Crippen LogP contribution in [0.15, 0.2) is 12.2 Å². The minimum atomic E-state index is 0.294. The summed E-state index contributed by atoms with van der Waals surface area (Å²) in [6.45, 7) is 11.7. The third kappa shape index (κ3) is 1.64. The molecule has 1 nitrogen and oxygen atoms in total. The maximum Gasteiger partial charge on any atom is 0.0501 e. The van der Waals surface area contributed by atoms with E-state index in [-0.39, 0.29) is 0 Å². The molecule has 3 unspecified atom stereocenters. The zero-order valence-electron chi connectivity index (χ0n) is 11.1. The molecule has 2 fully saturated rings. The Hall–Kier alpha value is -0.300. The second kappa shape index (κ2) is 3.87. The minimum Gasteiger partial charge on any atom is -0.396 e. The smallest absolute Gasteiger partial charge is 0.0501 e. The van der Waals surface area contributed by atoms with Crippen LogP contribution in [0.2, 0.25) is 0 Å². The van der Waals surface area contributed by atoms with Gasteiger partial charge in [-0.2, -0.15) is 0 Å². The van der Waals surface area contributed by atoms with Crippen molar-refractivity contribution in [1.82, 2.24) is 0 Å². The number of hydrogen-bond donors (Lipinski definition) is 1. The molecule has 0 bridgehead atoms. The largest absolute Gasteiger partial charge is 0.396 e. The van der Waals surface area contributed by atoms with Gasteiger partial charge in [0.25, 0.3) is 0 Å². The molecule has 2 aliphatic carbocycles. The Morgan fingerprint density at radius 1 is 1.31 bits per heavy atom. The predicted octanol–water partition coefficient (Wildman–Crippen LogP) is 3.78. The fourth-order valence-electron chi connectivity index (χ4n) is 4.61. The van der Waals surface area contributed by atoms with E-state index in [0.29, 0.717) is 23.4 Å². The molecule has 92 valence electrons. The van der Waals surface area contributed by atoms with Crippen molar-refractivity contribution in [1.29, 1.82) is 0 Å². The van der Waals surface area contributed by atoms with E-state index in [1.807, 2.05) is 0 Å². The third-order valence-corrected chi connectivity index (χ3v) is 5.50. The Morgan fingerprint density at radius 2 is 2.00 bits per heavy atom. The predicted molar refractivity (Wildman–Crippen MR) is 68.2 cm³/mol. The molecular formula is C15H26O. The molecule has 1 N–H and O–H groups in total. The standard InChI is InChI=1S/C15H26O/c1-11-6-7-13-14(2,3)8-5-9-15(13,4)12(11)10-16/h12-13,16H,1,5-10H2,2-4H3. The number of aliphatic hydroxyl groups excluding tert-OH is 1. The molecule has 3 atom stereocenters. The molecule has 16 heavy (non-hydrogen) atoms. The fourth-order valence-corrected chi connectivity index (χ4v) is 4.61. The summed E-state index contributed by atoms with van der Waals surface area (Å²) >= 11 is 0. The van der Waals surface area contributed by atoms with Crippen LogP contribution >= 0.6 is 0 Å². The molecule has 0 heterocycles. The van der Waals surface area contributed by atoms with Crippen molar-refractivity contribution < 1.29 is 5.11 Å². The minimum absolute atomic E-state index is 0.294. The molecule has 0 aromatic heterocycles. The lowest BCUT2D eigenvalue weighted by Gasteiger charge is -2.57. The van der Waals surface area contributed by atoms with Crippen molar-refractivity contribution in [3.8, 4) is 0 Å². The van der Waals surface area contributed by atoms with E-state index in [9.17, 15) is 5.11 Å². The first-order valence-electron chi connectivity index (χ1n) is 6.70. The monoisotopic (exact) mass is 222 g/mol. The van der Waals surface area contributed by atoms with Crippen molar-refractivity contribution in [2.75, 3.05) is 6.61 Å². The van der Waals surface area contributed by atoms with Crippen LogP contribution in [0.4, 0.5) is 0 Å². The molecule has 2 saturated carbocycles. The van der Waals surface area contributed by atoms with Crippen molar-refractivity contribution >= 4 is 0 Å². The zero-order chi connectivity index (χ0) is 12.0. The quantitative estimate of drug-likeness (QED) is 0.669. The van der Waals surface area contributed by atoms with Crippen LogP contribution in [-0.2, 0) is 0 Å². The van der Waals surface area contributed by atoms with Gasteiger partial charge >= 0.3 is 0 Å². The Kier molecular flexibility index (Phi) is 2.94. The number of hydrogen-bond acceptors (Lipinski definition) is 1. The van der Waals surface area contributed by atoms with Crippen LogP contribution < -0.4 is 0 Å². The number of aliphatic hydroxyl groups is 1. The van der Waals surface area contributed by atoms with Gasteiger partial charge in [-0.05, 0) is 42.4 Å². The Bertz CT molecular complexity index is 292. The van der Waals surface area contributed by atoms with E-state index < -0.39 is 0 Å². The Morgan fingerprint density at radius 3 is 2.62 bits per heavy atom. The van der Waals surface area contributed by atoms with Gasteiger partial charge in [0.05, 0.1) is 6.61 Å². The molecular weight excluding hydrogens is 196 g/mol. The molecule has 1 heteroatoms. The summed E-state index contributed by atoms with van der Waals surface area (Å²) in [5.41, 5.74) is 2.03. The average molecular weight is 222 g/mol.